The fourth-order valence-electron chi connectivity index (χ4n) is 2.73. The Balaban J connectivity index is 1.86. The summed E-state index contributed by atoms with van der Waals surface area (Å²) in [6.45, 7) is 0. The minimum atomic E-state index is -3.03. The monoisotopic (exact) mass is 416 g/mol. The maximum absolute atomic E-state index is 11.8. The molecule has 1 aromatic carbocycles. The SMILES string of the molecule is COc1cc(/C=C/C(=O)NNC(=O)C[C@@H]2CCS(=O)(=O)C2)cc(Cl)c1OC. The van der Waals surface area contributed by atoms with Crippen molar-refractivity contribution in [3.05, 3.63) is 28.8 Å². The van der Waals surface area contributed by atoms with Crippen molar-refractivity contribution in [2.24, 2.45) is 5.92 Å². The molecule has 1 aliphatic rings. The molecule has 1 aromatic rings. The summed E-state index contributed by atoms with van der Waals surface area (Å²) in [6, 6.07) is 3.25. The topological polar surface area (TPSA) is 111 Å². The van der Waals surface area contributed by atoms with Crippen molar-refractivity contribution in [3.63, 3.8) is 0 Å². The predicted molar refractivity (Wildman–Crippen MR) is 101 cm³/mol. The van der Waals surface area contributed by atoms with E-state index in [2.05, 4.69) is 10.9 Å². The van der Waals surface area contributed by atoms with Crippen LogP contribution >= 0.6 is 11.6 Å². The Hall–Kier alpha value is -2.26. The van der Waals surface area contributed by atoms with Gasteiger partial charge in [-0.05, 0) is 36.1 Å². The van der Waals surface area contributed by atoms with Crippen LogP contribution < -0.4 is 20.3 Å². The number of amides is 2. The van der Waals surface area contributed by atoms with Crippen molar-refractivity contribution in [1.82, 2.24) is 10.9 Å². The standard InChI is InChI=1S/C17H21ClN2O6S/c1-25-14-8-11(7-13(18)17(14)26-2)3-4-15(21)19-20-16(22)9-12-5-6-27(23,24)10-12/h3-4,7-8,12H,5-6,9-10H2,1-2H3,(H,19,21)(H,20,22)/b4-3+/t12-/m0/s1. The molecule has 0 bridgehead atoms. The first-order chi connectivity index (χ1) is 12.7. The van der Waals surface area contributed by atoms with Gasteiger partial charge in [0.25, 0.3) is 5.91 Å². The van der Waals surface area contributed by atoms with Crippen molar-refractivity contribution in [2.45, 2.75) is 12.8 Å². The molecule has 0 radical (unpaired) electrons. The van der Waals surface area contributed by atoms with E-state index in [1.54, 1.807) is 12.1 Å². The van der Waals surface area contributed by atoms with Crippen LogP contribution in [-0.4, -0.2) is 46.0 Å². The average Bonchev–Trinajstić information content (AvgIpc) is 2.95. The van der Waals surface area contributed by atoms with Crippen molar-refractivity contribution in [3.8, 4) is 11.5 Å². The number of rotatable bonds is 6. The highest BCUT2D eigenvalue weighted by Crippen LogP contribution is 2.36. The number of hydrogen-bond donors (Lipinski definition) is 2. The molecule has 27 heavy (non-hydrogen) atoms. The van der Waals surface area contributed by atoms with Gasteiger partial charge in [0.15, 0.2) is 21.3 Å². The lowest BCUT2D eigenvalue weighted by Crippen LogP contribution is -2.41. The number of carbonyl (C=O) groups excluding carboxylic acids is 2. The first-order valence-corrected chi connectivity index (χ1v) is 10.3. The Morgan fingerprint density at radius 3 is 2.59 bits per heavy atom. The zero-order valence-corrected chi connectivity index (χ0v) is 16.5. The van der Waals surface area contributed by atoms with E-state index in [-0.39, 0.29) is 23.8 Å². The minimum absolute atomic E-state index is 0.00826. The molecule has 2 N–H and O–H groups in total. The molecule has 1 saturated heterocycles. The molecule has 8 nitrogen and oxygen atoms in total. The lowest BCUT2D eigenvalue weighted by molar-refractivity contribution is -0.127. The average molecular weight is 417 g/mol. The molecule has 0 aliphatic carbocycles. The van der Waals surface area contributed by atoms with Crippen LogP contribution in [0.4, 0.5) is 0 Å². The molecule has 1 fully saturated rings. The maximum Gasteiger partial charge on any atom is 0.262 e. The minimum Gasteiger partial charge on any atom is -0.493 e. The summed E-state index contributed by atoms with van der Waals surface area (Å²) in [4.78, 5) is 23.6. The first-order valence-electron chi connectivity index (χ1n) is 8.13. The third-order valence-corrected chi connectivity index (χ3v) is 6.13. The van der Waals surface area contributed by atoms with Crippen LogP contribution in [0.2, 0.25) is 5.02 Å². The molecular formula is C17H21ClN2O6S. The van der Waals surface area contributed by atoms with Gasteiger partial charge in [0.2, 0.25) is 5.91 Å². The van der Waals surface area contributed by atoms with Gasteiger partial charge in [-0.1, -0.05) is 11.6 Å². The summed E-state index contributed by atoms with van der Waals surface area (Å²) < 4.78 is 33.1. The Bertz CT molecular complexity index is 853. The molecule has 2 rings (SSSR count). The Kier molecular flexibility index (Phi) is 7.09. The van der Waals surface area contributed by atoms with E-state index in [0.29, 0.717) is 28.5 Å². The van der Waals surface area contributed by atoms with Gasteiger partial charge in [0.1, 0.15) is 0 Å². The highest BCUT2D eigenvalue weighted by atomic mass is 35.5. The molecule has 2 amide bonds. The third-order valence-electron chi connectivity index (χ3n) is 4.01. The van der Waals surface area contributed by atoms with E-state index < -0.39 is 21.7 Å². The zero-order chi connectivity index (χ0) is 20.0. The molecule has 10 heteroatoms. The Morgan fingerprint density at radius 2 is 2.00 bits per heavy atom. The van der Waals surface area contributed by atoms with Crippen molar-refractivity contribution >= 4 is 39.3 Å². The van der Waals surface area contributed by atoms with E-state index in [9.17, 15) is 18.0 Å². The number of carbonyl (C=O) groups is 2. The lowest BCUT2D eigenvalue weighted by atomic mass is 10.1. The van der Waals surface area contributed by atoms with Gasteiger partial charge < -0.3 is 9.47 Å². The number of nitrogens with one attached hydrogen (secondary N) is 2. The van der Waals surface area contributed by atoms with E-state index >= 15 is 0 Å². The van der Waals surface area contributed by atoms with E-state index in [4.69, 9.17) is 21.1 Å². The summed E-state index contributed by atoms with van der Waals surface area (Å²) in [7, 11) is -0.0941. The highest BCUT2D eigenvalue weighted by molar-refractivity contribution is 7.91. The van der Waals surface area contributed by atoms with Crippen LogP contribution in [0.1, 0.15) is 18.4 Å². The molecule has 1 aliphatic heterocycles. The van der Waals surface area contributed by atoms with Gasteiger partial charge in [0, 0.05) is 12.5 Å². The summed E-state index contributed by atoms with van der Waals surface area (Å²) in [5, 5.41) is 0.330. The van der Waals surface area contributed by atoms with Gasteiger partial charge in [-0.3, -0.25) is 20.4 Å². The van der Waals surface area contributed by atoms with E-state index in [1.165, 1.54) is 26.4 Å². The molecule has 0 spiro atoms. The van der Waals surface area contributed by atoms with E-state index in [0.717, 1.165) is 0 Å². The van der Waals surface area contributed by atoms with Gasteiger partial charge in [-0.2, -0.15) is 0 Å². The number of hydrogen-bond acceptors (Lipinski definition) is 6. The largest absolute Gasteiger partial charge is 0.493 e. The molecule has 1 heterocycles. The van der Waals surface area contributed by atoms with E-state index in [1.807, 2.05) is 0 Å². The zero-order valence-electron chi connectivity index (χ0n) is 15.0. The lowest BCUT2D eigenvalue weighted by Gasteiger charge is -2.10. The van der Waals surface area contributed by atoms with Crippen LogP contribution in [0, 0.1) is 5.92 Å². The van der Waals surface area contributed by atoms with Gasteiger partial charge in [-0.15, -0.1) is 0 Å². The summed E-state index contributed by atoms with van der Waals surface area (Å²) in [5.74, 6) is -0.271. The predicted octanol–water partition coefficient (Wildman–Crippen LogP) is 1.34. The van der Waals surface area contributed by atoms with Crippen LogP contribution in [0.25, 0.3) is 6.08 Å². The first kappa shape index (κ1) is 21.0. The number of hydrazine groups is 1. The Labute approximate surface area is 162 Å². The number of benzene rings is 1. The fraction of sp³-hybridized carbons (Fsp3) is 0.412. The molecule has 1 atom stereocenters. The van der Waals surface area contributed by atoms with Crippen LogP contribution in [0.15, 0.2) is 18.2 Å². The second kappa shape index (κ2) is 9.09. The third kappa shape index (κ3) is 6.14. The summed E-state index contributed by atoms with van der Waals surface area (Å²) in [5.41, 5.74) is 5.13. The molecule has 0 saturated carbocycles. The van der Waals surface area contributed by atoms with Gasteiger partial charge in [0.05, 0.1) is 30.7 Å². The second-order valence-electron chi connectivity index (χ2n) is 6.08. The number of halogens is 1. The fourth-order valence-corrected chi connectivity index (χ4v) is 4.88. The van der Waals surface area contributed by atoms with Crippen molar-refractivity contribution in [2.75, 3.05) is 25.7 Å². The maximum atomic E-state index is 11.8. The van der Waals surface area contributed by atoms with Crippen LogP contribution in [0.3, 0.4) is 0 Å². The van der Waals surface area contributed by atoms with Crippen LogP contribution in [0.5, 0.6) is 11.5 Å². The molecule has 0 unspecified atom stereocenters. The van der Waals surface area contributed by atoms with Crippen LogP contribution in [-0.2, 0) is 19.4 Å². The smallest absolute Gasteiger partial charge is 0.262 e. The molecule has 148 valence electrons. The van der Waals surface area contributed by atoms with Gasteiger partial charge >= 0.3 is 0 Å². The quantitative estimate of drug-likeness (QED) is 0.534. The number of ether oxygens (including phenoxy) is 2. The Morgan fingerprint density at radius 1 is 1.26 bits per heavy atom. The second-order valence-corrected chi connectivity index (χ2v) is 8.72. The van der Waals surface area contributed by atoms with Crippen molar-refractivity contribution < 1.29 is 27.5 Å². The van der Waals surface area contributed by atoms with Crippen molar-refractivity contribution in [1.29, 1.82) is 0 Å². The number of methoxy groups -OCH3 is 2. The van der Waals surface area contributed by atoms with Gasteiger partial charge in [-0.25, -0.2) is 8.42 Å². The normalized spacial score (nSPS) is 18.3. The molecular weight excluding hydrogens is 396 g/mol. The summed E-state index contributed by atoms with van der Waals surface area (Å²) >= 11 is 6.09. The molecule has 0 aromatic heterocycles. The highest BCUT2D eigenvalue weighted by Gasteiger charge is 2.29. The summed E-state index contributed by atoms with van der Waals surface area (Å²) in [6.07, 6.45) is 3.23. The number of sulfone groups is 1.